The van der Waals surface area contributed by atoms with Crippen molar-refractivity contribution < 1.29 is 14.3 Å². The van der Waals surface area contributed by atoms with E-state index in [1.807, 2.05) is 6.92 Å². The van der Waals surface area contributed by atoms with E-state index in [4.69, 9.17) is 4.74 Å². The highest BCUT2D eigenvalue weighted by atomic mass is 16.5. The number of Topliss-reactive ketones (excluding diaryl/α,β-unsaturated/α-hetero) is 2. The third-order valence-electron chi connectivity index (χ3n) is 3.29. The molecule has 0 aromatic heterocycles. The maximum absolute atomic E-state index is 12.4. The maximum atomic E-state index is 12.4. The van der Waals surface area contributed by atoms with Gasteiger partial charge in [-0.25, -0.2) is 0 Å². The summed E-state index contributed by atoms with van der Waals surface area (Å²) in [6.45, 7) is 3.72. The molecule has 0 N–H and O–H groups in total. The highest BCUT2D eigenvalue weighted by Gasteiger charge is 2.31. The summed E-state index contributed by atoms with van der Waals surface area (Å²) in [5, 5.41) is 0. The molecule has 1 aliphatic rings. The first-order valence-corrected chi connectivity index (χ1v) is 6.08. The minimum Gasteiger partial charge on any atom is -0.496 e. The smallest absolute Gasteiger partial charge is 0.193 e. The van der Waals surface area contributed by atoms with E-state index in [1.165, 1.54) is 7.11 Å². The molecule has 0 spiro atoms. The first-order chi connectivity index (χ1) is 8.61. The van der Waals surface area contributed by atoms with Crippen LogP contribution in [0.25, 0.3) is 0 Å². The Labute approximate surface area is 106 Å². The number of benzene rings is 1. The van der Waals surface area contributed by atoms with Crippen LogP contribution >= 0.6 is 0 Å². The summed E-state index contributed by atoms with van der Waals surface area (Å²) < 4.78 is 5.18. The number of hydrogen-bond donors (Lipinski definition) is 0. The lowest BCUT2D eigenvalue weighted by Gasteiger charge is -2.20. The molecular weight excluding hydrogens is 228 g/mol. The highest BCUT2D eigenvalue weighted by molar-refractivity contribution is 6.27. The van der Waals surface area contributed by atoms with Crippen molar-refractivity contribution in [3.8, 4) is 5.75 Å². The quantitative estimate of drug-likeness (QED) is 0.820. The minimum atomic E-state index is -0.0921. The van der Waals surface area contributed by atoms with Gasteiger partial charge in [-0.3, -0.25) is 9.59 Å². The first-order valence-electron chi connectivity index (χ1n) is 6.08. The molecule has 0 atom stereocenters. The minimum absolute atomic E-state index is 0.0390. The zero-order valence-electron chi connectivity index (χ0n) is 10.9. The molecule has 0 bridgehead atoms. The molecule has 0 aliphatic heterocycles. The molecule has 0 unspecified atom stereocenters. The molecule has 94 valence electrons. The van der Waals surface area contributed by atoms with Gasteiger partial charge in [-0.05, 0) is 19.4 Å². The van der Waals surface area contributed by atoms with Crippen molar-refractivity contribution in [3.63, 3.8) is 0 Å². The molecule has 0 radical (unpaired) electrons. The molecule has 1 aromatic carbocycles. The van der Waals surface area contributed by atoms with Crippen LogP contribution in [-0.2, 0) is 0 Å². The summed E-state index contributed by atoms with van der Waals surface area (Å²) >= 11 is 0. The highest BCUT2D eigenvalue weighted by Crippen LogP contribution is 2.33. The van der Waals surface area contributed by atoms with Crippen molar-refractivity contribution in [2.45, 2.75) is 26.7 Å². The Morgan fingerprint density at radius 3 is 2.50 bits per heavy atom. The van der Waals surface area contributed by atoms with Crippen molar-refractivity contribution in [1.82, 2.24) is 0 Å². The van der Waals surface area contributed by atoms with Crippen molar-refractivity contribution >= 4 is 11.6 Å². The van der Waals surface area contributed by atoms with Crippen LogP contribution in [0.5, 0.6) is 5.75 Å². The zero-order chi connectivity index (χ0) is 13.3. The van der Waals surface area contributed by atoms with Crippen LogP contribution < -0.4 is 4.74 Å². The van der Waals surface area contributed by atoms with Crippen LogP contribution in [0.1, 0.15) is 47.4 Å². The Morgan fingerprint density at radius 2 is 1.89 bits per heavy atom. The Bertz CT molecular complexity index is 553. The molecule has 3 heteroatoms. The lowest BCUT2D eigenvalue weighted by Crippen LogP contribution is -2.21. The molecule has 0 saturated heterocycles. The second-order valence-electron chi connectivity index (χ2n) is 4.39. The van der Waals surface area contributed by atoms with Gasteiger partial charge in [-0.15, -0.1) is 0 Å². The Balaban J connectivity index is 2.64. The third kappa shape index (κ3) is 1.76. The van der Waals surface area contributed by atoms with Crippen LogP contribution in [-0.4, -0.2) is 18.7 Å². The molecular formula is C15H16O3. The van der Waals surface area contributed by atoms with Gasteiger partial charge in [-0.2, -0.15) is 0 Å². The second kappa shape index (κ2) is 4.77. The van der Waals surface area contributed by atoms with Crippen LogP contribution in [0.4, 0.5) is 0 Å². The fourth-order valence-corrected chi connectivity index (χ4v) is 2.33. The summed E-state index contributed by atoms with van der Waals surface area (Å²) in [5.74, 6) is 0.342. The molecule has 1 aromatic rings. The van der Waals surface area contributed by atoms with Crippen LogP contribution in [0.2, 0.25) is 0 Å². The fourth-order valence-electron chi connectivity index (χ4n) is 2.33. The number of allylic oxidation sites excluding steroid dienone is 2. The molecule has 18 heavy (non-hydrogen) atoms. The standard InChI is InChI=1S/C15H16O3/c1-4-6-10-9(2)14(16)13-11(15(10)17)7-5-8-12(13)18-3/h5,7-8H,4,6H2,1-3H3. The van der Waals surface area contributed by atoms with Gasteiger partial charge in [0.1, 0.15) is 5.75 Å². The molecule has 2 rings (SSSR count). The van der Waals surface area contributed by atoms with E-state index >= 15 is 0 Å². The first kappa shape index (κ1) is 12.6. The van der Waals surface area contributed by atoms with Crippen molar-refractivity contribution in [2.24, 2.45) is 0 Å². The lowest BCUT2D eigenvalue weighted by atomic mass is 9.82. The van der Waals surface area contributed by atoms with Gasteiger partial charge in [0.15, 0.2) is 11.6 Å². The number of fused-ring (bicyclic) bond motifs is 1. The molecule has 0 fully saturated rings. The van der Waals surface area contributed by atoms with Gasteiger partial charge in [0.05, 0.1) is 12.7 Å². The molecule has 3 nitrogen and oxygen atoms in total. The van der Waals surface area contributed by atoms with Gasteiger partial charge < -0.3 is 4.74 Å². The number of hydrogen-bond acceptors (Lipinski definition) is 3. The predicted octanol–water partition coefficient (Wildman–Crippen LogP) is 3.19. The number of ketones is 2. The number of carbonyl (C=O) groups is 2. The Morgan fingerprint density at radius 1 is 1.17 bits per heavy atom. The van der Waals surface area contributed by atoms with E-state index in [0.717, 1.165) is 6.42 Å². The van der Waals surface area contributed by atoms with E-state index in [9.17, 15) is 9.59 Å². The number of methoxy groups -OCH3 is 1. The third-order valence-corrected chi connectivity index (χ3v) is 3.29. The van der Waals surface area contributed by atoms with E-state index in [-0.39, 0.29) is 11.6 Å². The second-order valence-corrected chi connectivity index (χ2v) is 4.39. The maximum Gasteiger partial charge on any atom is 0.193 e. The van der Waals surface area contributed by atoms with Gasteiger partial charge in [0, 0.05) is 16.7 Å². The SMILES string of the molecule is CCCC1=C(C)C(=O)c2c(OC)cccc2C1=O. The number of carbonyl (C=O) groups excluding carboxylic acids is 2. The molecule has 0 heterocycles. The Hall–Kier alpha value is -1.90. The largest absolute Gasteiger partial charge is 0.496 e. The predicted molar refractivity (Wildman–Crippen MR) is 69.3 cm³/mol. The fraction of sp³-hybridized carbons (Fsp3) is 0.333. The summed E-state index contributed by atoms with van der Waals surface area (Å²) in [6, 6.07) is 5.15. The molecule has 0 saturated carbocycles. The van der Waals surface area contributed by atoms with Gasteiger partial charge >= 0.3 is 0 Å². The number of ether oxygens (including phenoxy) is 1. The summed E-state index contributed by atoms with van der Waals surface area (Å²) in [6.07, 6.45) is 1.50. The van der Waals surface area contributed by atoms with Crippen molar-refractivity contribution in [1.29, 1.82) is 0 Å². The van der Waals surface area contributed by atoms with E-state index in [1.54, 1.807) is 25.1 Å². The summed E-state index contributed by atoms with van der Waals surface area (Å²) in [4.78, 5) is 24.7. The van der Waals surface area contributed by atoms with Crippen molar-refractivity contribution in [3.05, 3.63) is 40.5 Å². The van der Waals surface area contributed by atoms with Gasteiger partial charge in [0.2, 0.25) is 0 Å². The van der Waals surface area contributed by atoms with Gasteiger partial charge in [0.25, 0.3) is 0 Å². The monoisotopic (exact) mass is 244 g/mol. The van der Waals surface area contributed by atoms with Crippen LogP contribution in [0, 0.1) is 0 Å². The van der Waals surface area contributed by atoms with Gasteiger partial charge in [-0.1, -0.05) is 25.5 Å². The average Bonchev–Trinajstić information content (AvgIpc) is 2.40. The zero-order valence-corrected chi connectivity index (χ0v) is 10.9. The normalized spacial score (nSPS) is 14.8. The van der Waals surface area contributed by atoms with E-state index in [2.05, 4.69) is 0 Å². The topological polar surface area (TPSA) is 43.4 Å². The van der Waals surface area contributed by atoms with E-state index in [0.29, 0.717) is 34.4 Å². The molecule has 0 amide bonds. The van der Waals surface area contributed by atoms with Crippen LogP contribution in [0.15, 0.2) is 29.3 Å². The van der Waals surface area contributed by atoms with Crippen LogP contribution in [0.3, 0.4) is 0 Å². The summed E-state index contributed by atoms with van der Waals surface area (Å²) in [5.41, 5.74) is 2.07. The average molecular weight is 244 g/mol. The Kier molecular flexibility index (Phi) is 3.32. The summed E-state index contributed by atoms with van der Waals surface area (Å²) in [7, 11) is 1.51. The number of rotatable bonds is 3. The van der Waals surface area contributed by atoms with E-state index < -0.39 is 0 Å². The lowest BCUT2D eigenvalue weighted by molar-refractivity contribution is 0.0969. The molecule has 1 aliphatic carbocycles. The van der Waals surface area contributed by atoms with Crippen molar-refractivity contribution in [2.75, 3.05) is 7.11 Å².